The monoisotopic (exact) mass is 723 g/mol. The number of nitrogens with one attached hydrogen (secondary N) is 1. The molecule has 4 aromatic rings. The van der Waals surface area contributed by atoms with E-state index in [0.717, 1.165) is 39.3 Å². The lowest BCUT2D eigenvalue weighted by atomic mass is 10.0. The molecule has 0 bridgehead atoms. The second-order valence-electron chi connectivity index (χ2n) is 13.6. The Hall–Kier alpha value is -6.36. The summed E-state index contributed by atoms with van der Waals surface area (Å²) in [5.41, 5.74) is 8.30. The number of amides is 2. The molecule has 274 valence electrons. The molecule has 0 saturated heterocycles. The molecule has 4 aliphatic heterocycles. The minimum Gasteiger partial charge on any atom is -0.497 e. The lowest BCUT2D eigenvalue weighted by molar-refractivity contribution is 0.0809. The Morgan fingerprint density at radius 2 is 1.22 bits per heavy atom. The van der Waals surface area contributed by atoms with Crippen LogP contribution in [0.25, 0.3) is 11.1 Å². The van der Waals surface area contributed by atoms with Crippen molar-refractivity contribution in [1.82, 2.24) is 9.80 Å². The van der Waals surface area contributed by atoms with Crippen molar-refractivity contribution in [2.75, 3.05) is 39.8 Å². The number of hydrogen-bond donors (Lipinski definition) is 1. The molecule has 0 aliphatic carbocycles. The Kier molecular flexibility index (Phi) is 9.37. The molecule has 4 aliphatic rings. The van der Waals surface area contributed by atoms with Crippen LogP contribution < -0.4 is 24.3 Å². The molecule has 54 heavy (non-hydrogen) atoms. The Morgan fingerprint density at radius 3 is 1.78 bits per heavy atom. The largest absolute Gasteiger partial charge is 0.497 e. The number of aliphatic imine (C=N–C) groups is 2. The van der Waals surface area contributed by atoms with Gasteiger partial charge in [-0.15, -0.1) is 0 Å². The van der Waals surface area contributed by atoms with Gasteiger partial charge in [0.15, 0.2) is 11.5 Å². The highest BCUT2D eigenvalue weighted by molar-refractivity contribution is 6.06. The van der Waals surface area contributed by atoms with E-state index in [0.29, 0.717) is 72.2 Å². The van der Waals surface area contributed by atoms with E-state index in [1.54, 1.807) is 36.2 Å². The fourth-order valence-electron chi connectivity index (χ4n) is 7.23. The topological polar surface area (TPSA) is 114 Å². The summed E-state index contributed by atoms with van der Waals surface area (Å²) in [6.45, 7) is 2.66. The van der Waals surface area contributed by atoms with E-state index in [9.17, 15) is 9.59 Å². The van der Waals surface area contributed by atoms with Gasteiger partial charge in [-0.25, -0.2) is 0 Å². The number of rotatable bonds is 11. The van der Waals surface area contributed by atoms with E-state index in [-0.39, 0.29) is 23.9 Å². The zero-order chi connectivity index (χ0) is 37.3. The van der Waals surface area contributed by atoms with E-state index >= 15 is 0 Å². The highest BCUT2D eigenvalue weighted by Gasteiger charge is 2.35. The fourth-order valence-corrected chi connectivity index (χ4v) is 7.23. The summed E-state index contributed by atoms with van der Waals surface area (Å²) in [6, 6.07) is 22.9. The number of ether oxygens (including phenoxy) is 4. The average molecular weight is 724 g/mol. The van der Waals surface area contributed by atoms with Gasteiger partial charge in [0.2, 0.25) is 0 Å². The number of nitrogens with zero attached hydrogens (tertiary/aromatic N) is 4. The van der Waals surface area contributed by atoms with Gasteiger partial charge < -0.3 is 34.1 Å². The summed E-state index contributed by atoms with van der Waals surface area (Å²) in [7, 11) is 5.09. The van der Waals surface area contributed by atoms with Crippen LogP contribution in [0, 0.1) is 6.92 Å². The number of methoxy groups -OCH3 is 2. The molecular formula is C43H41N5O6. The second kappa shape index (κ2) is 14.6. The van der Waals surface area contributed by atoms with Crippen molar-refractivity contribution in [2.24, 2.45) is 9.98 Å². The minimum absolute atomic E-state index is 0.0861. The normalized spacial score (nSPS) is 18.1. The van der Waals surface area contributed by atoms with Gasteiger partial charge in [-0.3, -0.25) is 19.6 Å². The molecule has 2 atom stereocenters. The van der Waals surface area contributed by atoms with E-state index in [2.05, 4.69) is 17.4 Å². The number of benzene rings is 4. The van der Waals surface area contributed by atoms with Gasteiger partial charge in [0, 0.05) is 69.0 Å². The second-order valence-corrected chi connectivity index (χ2v) is 13.6. The lowest BCUT2D eigenvalue weighted by Crippen LogP contribution is -2.32. The third-order valence-corrected chi connectivity index (χ3v) is 10.2. The standard InChI is InChI=1S/C43H41N5O6/c1-26-16-35-37(45-22-32-18-30(25-47(32)42(35)49)28-8-12-34(51-3)13-9-28)20-39(26)53-14-5-15-54-41-21-38-36(19-40(41)52-4)43(50)48-24-29(17-33(48)23-46-38)27-6-10-31(44-2)11-7-27/h6-13,16,19-25,32-33,44H,5,14-15,17-18H2,1-4H3. The maximum Gasteiger partial charge on any atom is 0.260 e. The highest BCUT2D eigenvalue weighted by atomic mass is 16.5. The van der Waals surface area contributed by atoms with Crippen LogP contribution in [0.15, 0.2) is 95.2 Å². The first-order valence-electron chi connectivity index (χ1n) is 18.0. The molecule has 8 rings (SSSR count). The molecule has 0 aromatic heterocycles. The third kappa shape index (κ3) is 6.57. The Morgan fingerprint density at radius 1 is 0.685 bits per heavy atom. The van der Waals surface area contributed by atoms with Crippen molar-refractivity contribution in [3.63, 3.8) is 0 Å². The van der Waals surface area contributed by atoms with Crippen LogP contribution in [0.3, 0.4) is 0 Å². The van der Waals surface area contributed by atoms with Crippen molar-refractivity contribution in [3.05, 3.63) is 113 Å². The molecule has 0 radical (unpaired) electrons. The molecule has 11 nitrogen and oxygen atoms in total. The predicted octanol–water partition coefficient (Wildman–Crippen LogP) is 7.84. The van der Waals surface area contributed by atoms with Crippen LogP contribution in [-0.2, 0) is 0 Å². The zero-order valence-corrected chi connectivity index (χ0v) is 30.7. The van der Waals surface area contributed by atoms with Gasteiger partial charge in [-0.1, -0.05) is 24.3 Å². The molecule has 0 spiro atoms. The fraction of sp³-hybridized carbons (Fsp3) is 0.256. The van der Waals surface area contributed by atoms with Gasteiger partial charge in [0.25, 0.3) is 11.8 Å². The van der Waals surface area contributed by atoms with E-state index in [1.165, 1.54) is 0 Å². The number of carbonyl (C=O) groups excluding carboxylic acids is 2. The van der Waals surface area contributed by atoms with Crippen LogP contribution in [0.1, 0.15) is 56.7 Å². The lowest BCUT2D eigenvalue weighted by Gasteiger charge is -2.19. The van der Waals surface area contributed by atoms with Crippen molar-refractivity contribution < 1.29 is 28.5 Å². The summed E-state index contributed by atoms with van der Waals surface area (Å²) < 4.78 is 23.2. The zero-order valence-electron chi connectivity index (χ0n) is 30.7. The number of fused-ring (bicyclic) bond motifs is 4. The van der Waals surface area contributed by atoms with Crippen LogP contribution in [0.5, 0.6) is 23.0 Å². The maximum atomic E-state index is 13.7. The summed E-state index contributed by atoms with van der Waals surface area (Å²) in [5.74, 6) is 2.20. The Labute approximate surface area is 314 Å². The van der Waals surface area contributed by atoms with Crippen LogP contribution in [-0.4, -0.2) is 80.6 Å². The Balaban J connectivity index is 0.893. The van der Waals surface area contributed by atoms with Crippen LogP contribution >= 0.6 is 0 Å². The van der Waals surface area contributed by atoms with Gasteiger partial charge in [-0.2, -0.15) is 0 Å². The number of anilines is 1. The van der Waals surface area contributed by atoms with E-state index < -0.39 is 0 Å². The number of hydrogen-bond acceptors (Lipinski definition) is 9. The summed E-state index contributed by atoms with van der Waals surface area (Å²) in [6.07, 6.45) is 9.47. The first-order valence-corrected chi connectivity index (χ1v) is 18.0. The van der Waals surface area contributed by atoms with Crippen molar-refractivity contribution in [1.29, 1.82) is 0 Å². The SMILES string of the molecule is CNc1ccc(C2=CN3C(=O)c4cc(OC)c(OCCCOc5cc6c(cc5C)C(=O)N5C=C(c7ccc(OC)cc7)CC5C=N6)cc4N=CC3C2)cc1. The molecular weight excluding hydrogens is 683 g/mol. The van der Waals surface area contributed by atoms with Gasteiger partial charge in [0.05, 0.1) is 62.0 Å². The predicted molar refractivity (Wildman–Crippen MR) is 210 cm³/mol. The van der Waals surface area contributed by atoms with Gasteiger partial charge in [-0.05, 0) is 71.2 Å². The Bertz CT molecular complexity index is 2240. The van der Waals surface area contributed by atoms with E-state index in [1.807, 2.05) is 87.3 Å². The highest BCUT2D eigenvalue weighted by Crippen LogP contribution is 2.41. The van der Waals surface area contributed by atoms with Crippen molar-refractivity contribution in [2.45, 2.75) is 38.3 Å². The third-order valence-electron chi connectivity index (χ3n) is 10.2. The molecule has 0 fully saturated rings. The minimum atomic E-state index is -0.177. The molecule has 4 heterocycles. The van der Waals surface area contributed by atoms with Crippen molar-refractivity contribution in [3.8, 4) is 23.0 Å². The average Bonchev–Trinajstić information content (AvgIpc) is 3.78. The molecule has 2 unspecified atom stereocenters. The van der Waals surface area contributed by atoms with Crippen molar-refractivity contribution >= 4 is 52.5 Å². The molecule has 1 N–H and O–H groups in total. The van der Waals surface area contributed by atoms with Crippen LogP contribution in [0.2, 0.25) is 0 Å². The summed E-state index contributed by atoms with van der Waals surface area (Å²) in [5, 5.41) is 3.14. The quantitative estimate of drug-likeness (QED) is 0.157. The van der Waals surface area contributed by atoms with Gasteiger partial charge >= 0.3 is 0 Å². The molecule has 11 heteroatoms. The first kappa shape index (κ1) is 34.7. The van der Waals surface area contributed by atoms with E-state index in [4.69, 9.17) is 28.9 Å². The first-order chi connectivity index (χ1) is 26.3. The summed E-state index contributed by atoms with van der Waals surface area (Å²) in [4.78, 5) is 40.4. The maximum absolute atomic E-state index is 13.7. The molecule has 2 amide bonds. The molecule has 4 aromatic carbocycles. The number of aryl methyl sites for hydroxylation is 1. The smallest absolute Gasteiger partial charge is 0.260 e. The van der Waals surface area contributed by atoms with Gasteiger partial charge in [0.1, 0.15) is 11.5 Å². The molecule has 0 saturated carbocycles. The summed E-state index contributed by atoms with van der Waals surface area (Å²) >= 11 is 0. The number of carbonyl (C=O) groups is 2. The van der Waals surface area contributed by atoms with Crippen LogP contribution in [0.4, 0.5) is 17.1 Å².